The molecule has 0 bridgehead atoms. The minimum absolute atomic E-state index is 0.214. The summed E-state index contributed by atoms with van der Waals surface area (Å²) in [6.07, 6.45) is 6.51. The molecule has 5 heteroatoms. The Bertz CT molecular complexity index is 947. The van der Waals surface area contributed by atoms with Crippen LogP contribution in [-0.4, -0.2) is 35.5 Å². The predicted octanol–water partition coefficient (Wildman–Crippen LogP) is 5.13. The monoisotopic (exact) mass is 534 g/mol. The number of rotatable bonds is 1. The number of allylic oxidation sites excluding steroid dienone is 1. The number of hydrogen-bond donors (Lipinski definition) is 1. The summed E-state index contributed by atoms with van der Waals surface area (Å²) in [5, 5.41) is 11.9. The van der Waals surface area contributed by atoms with E-state index in [-0.39, 0.29) is 11.3 Å². The van der Waals surface area contributed by atoms with Gasteiger partial charge in [-0.05, 0) is 89.8 Å². The molecule has 4 nitrogen and oxygen atoms in total. The third-order valence-electron chi connectivity index (χ3n) is 9.21. The smallest absolute Gasteiger partial charge is 0.171 e. The van der Waals surface area contributed by atoms with Gasteiger partial charge >= 0.3 is 0 Å². The van der Waals surface area contributed by atoms with E-state index in [1.54, 1.807) is 0 Å². The highest BCUT2D eigenvalue weighted by Crippen LogP contribution is 2.64. The van der Waals surface area contributed by atoms with Crippen molar-refractivity contribution < 1.29 is 19.4 Å². The maximum absolute atomic E-state index is 13.1. The van der Waals surface area contributed by atoms with Gasteiger partial charge in [-0.3, -0.25) is 4.79 Å². The normalized spacial score (nSPS) is 41.3. The van der Waals surface area contributed by atoms with Gasteiger partial charge in [0.15, 0.2) is 5.79 Å². The van der Waals surface area contributed by atoms with Gasteiger partial charge in [-0.1, -0.05) is 24.6 Å². The van der Waals surface area contributed by atoms with Crippen LogP contribution >= 0.6 is 22.6 Å². The van der Waals surface area contributed by atoms with Crippen molar-refractivity contribution in [3.05, 3.63) is 44.5 Å². The summed E-state index contributed by atoms with van der Waals surface area (Å²) in [4.78, 5) is 13.1. The lowest BCUT2D eigenvalue weighted by molar-refractivity contribution is -0.208. The van der Waals surface area contributed by atoms with E-state index in [2.05, 4.69) is 53.8 Å². The molecule has 1 spiro atoms. The molecule has 166 valence electrons. The zero-order chi connectivity index (χ0) is 21.4. The van der Waals surface area contributed by atoms with Crippen molar-refractivity contribution in [2.24, 2.45) is 17.3 Å². The molecule has 4 fully saturated rings. The molecular formula is C26H31IO4. The SMILES string of the molecule is C[C@]12C[C@H](c3ccc(I)cc3)C3=C4CCC5(C[C@]4(O)CC[C@H]3[C@@H]1CCC2=O)OCCO5. The first-order valence-corrected chi connectivity index (χ1v) is 12.9. The van der Waals surface area contributed by atoms with Crippen LogP contribution in [0.1, 0.15) is 69.8 Å². The molecule has 1 N–H and O–H groups in total. The lowest BCUT2D eigenvalue weighted by Gasteiger charge is -2.55. The standard InChI is InChI=1S/C26H31IO4/c1-24-14-19(16-2-4-17(27)5-3-16)23-18(20(24)6-7-22(24)28)8-10-25(29)15-26(11-9-21(23)25)30-12-13-31-26/h2-5,18-20,29H,6-15H2,1H3/t18-,19+,20-,24-,25+/m0/s1. The van der Waals surface area contributed by atoms with Gasteiger partial charge in [-0.15, -0.1) is 0 Å². The maximum Gasteiger partial charge on any atom is 0.171 e. The second-order valence-electron chi connectivity index (χ2n) is 10.7. The molecule has 3 saturated carbocycles. The molecule has 0 unspecified atom stereocenters. The Morgan fingerprint density at radius 2 is 1.81 bits per heavy atom. The maximum atomic E-state index is 13.1. The van der Waals surface area contributed by atoms with Crippen LogP contribution in [0.25, 0.3) is 0 Å². The molecule has 0 radical (unpaired) electrons. The zero-order valence-corrected chi connectivity index (χ0v) is 20.3. The number of ether oxygens (including phenoxy) is 2. The van der Waals surface area contributed by atoms with Gasteiger partial charge in [-0.25, -0.2) is 0 Å². The molecule has 5 atom stereocenters. The first-order chi connectivity index (χ1) is 14.8. The molecule has 31 heavy (non-hydrogen) atoms. The van der Waals surface area contributed by atoms with E-state index >= 15 is 0 Å². The molecule has 1 aromatic rings. The van der Waals surface area contributed by atoms with Crippen LogP contribution in [0.4, 0.5) is 0 Å². The van der Waals surface area contributed by atoms with E-state index in [1.807, 2.05) is 0 Å². The summed E-state index contributed by atoms with van der Waals surface area (Å²) >= 11 is 2.35. The number of Topliss-reactive ketones (excluding diaryl/α,β-unsaturated/α-hetero) is 1. The fourth-order valence-electron chi connectivity index (χ4n) is 7.78. The quantitative estimate of drug-likeness (QED) is 0.401. The largest absolute Gasteiger partial charge is 0.385 e. The topological polar surface area (TPSA) is 55.8 Å². The van der Waals surface area contributed by atoms with Gasteiger partial charge in [0.05, 0.1) is 18.8 Å². The van der Waals surface area contributed by atoms with Gasteiger partial charge in [0, 0.05) is 34.2 Å². The number of benzene rings is 1. The van der Waals surface area contributed by atoms with E-state index in [1.165, 1.54) is 20.3 Å². The summed E-state index contributed by atoms with van der Waals surface area (Å²) < 4.78 is 13.2. The number of carbonyl (C=O) groups is 1. The molecule has 1 saturated heterocycles. The van der Waals surface area contributed by atoms with Crippen LogP contribution < -0.4 is 0 Å². The molecule has 1 heterocycles. The Balaban J connectivity index is 1.48. The first-order valence-electron chi connectivity index (χ1n) is 11.9. The average molecular weight is 534 g/mol. The van der Waals surface area contributed by atoms with Gasteiger partial charge in [-0.2, -0.15) is 0 Å². The Kier molecular flexibility index (Phi) is 4.78. The van der Waals surface area contributed by atoms with Crippen molar-refractivity contribution >= 4 is 28.4 Å². The van der Waals surface area contributed by atoms with E-state index in [4.69, 9.17) is 9.47 Å². The lowest BCUT2D eigenvalue weighted by atomic mass is 9.51. The fraction of sp³-hybridized carbons (Fsp3) is 0.654. The molecular weight excluding hydrogens is 503 g/mol. The van der Waals surface area contributed by atoms with E-state index in [0.29, 0.717) is 37.3 Å². The van der Waals surface area contributed by atoms with E-state index in [9.17, 15) is 9.90 Å². The summed E-state index contributed by atoms with van der Waals surface area (Å²) in [5.74, 6) is 0.891. The highest BCUT2D eigenvalue weighted by atomic mass is 127. The molecule has 1 aromatic carbocycles. The number of aliphatic hydroxyl groups is 1. The molecule has 5 aliphatic rings. The number of halogens is 1. The number of carbonyl (C=O) groups excluding carboxylic acids is 1. The molecule has 4 aliphatic carbocycles. The van der Waals surface area contributed by atoms with Gasteiger partial charge < -0.3 is 14.6 Å². The molecule has 1 aliphatic heterocycles. The highest BCUT2D eigenvalue weighted by molar-refractivity contribution is 14.1. The minimum Gasteiger partial charge on any atom is -0.385 e. The Labute approximate surface area is 197 Å². The van der Waals surface area contributed by atoms with Gasteiger partial charge in [0.2, 0.25) is 0 Å². The predicted molar refractivity (Wildman–Crippen MR) is 126 cm³/mol. The van der Waals surface area contributed by atoms with Crippen molar-refractivity contribution in [1.29, 1.82) is 0 Å². The third-order valence-corrected chi connectivity index (χ3v) is 9.93. The van der Waals surface area contributed by atoms with Crippen molar-refractivity contribution in [2.45, 2.75) is 75.6 Å². The van der Waals surface area contributed by atoms with Crippen molar-refractivity contribution in [2.75, 3.05) is 13.2 Å². The second-order valence-corrected chi connectivity index (χ2v) is 11.9. The van der Waals surface area contributed by atoms with Crippen LogP contribution in [0.15, 0.2) is 35.4 Å². The fourth-order valence-corrected chi connectivity index (χ4v) is 8.14. The molecule has 0 amide bonds. The highest BCUT2D eigenvalue weighted by Gasteiger charge is 2.60. The Morgan fingerprint density at radius 1 is 1.06 bits per heavy atom. The first kappa shape index (κ1) is 20.8. The lowest BCUT2D eigenvalue weighted by Crippen LogP contribution is -2.53. The van der Waals surface area contributed by atoms with Gasteiger partial charge in [0.25, 0.3) is 0 Å². The van der Waals surface area contributed by atoms with E-state index < -0.39 is 11.4 Å². The van der Waals surface area contributed by atoms with Crippen LogP contribution in [0.3, 0.4) is 0 Å². The van der Waals surface area contributed by atoms with E-state index in [0.717, 1.165) is 44.9 Å². The molecule has 0 aromatic heterocycles. The second kappa shape index (κ2) is 7.12. The Hall–Kier alpha value is -0.760. The Morgan fingerprint density at radius 3 is 2.55 bits per heavy atom. The van der Waals surface area contributed by atoms with Gasteiger partial charge in [0.1, 0.15) is 5.78 Å². The van der Waals surface area contributed by atoms with Crippen LogP contribution in [-0.2, 0) is 14.3 Å². The molecule has 6 rings (SSSR count). The average Bonchev–Trinajstić information content (AvgIpc) is 3.31. The van der Waals surface area contributed by atoms with Crippen LogP contribution in [0.5, 0.6) is 0 Å². The van der Waals surface area contributed by atoms with Crippen LogP contribution in [0.2, 0.25) is 0 Å². The summed E-state index contributed by atoms with van der Waals surface area (Å²) in [6.45, 7) is 3.47. The minimum atomic E-state index is -0.841. The summed E-state index contributed by atoms with van der Waals surface area (Å²) in [6, 6.07) is 8.82. The summed E-state index contributed by atoms with van der Waals surface area (Å²) in [5.41, 5.74) is 2.93. The third kappa shape index (κ3) is 3.06. The van der Waals surface area contributed by atoms with Crippen molar-refractivity contribution in [1.82, 2.24) is 0 Å². The zero-order valence-electron chi connectivity index (χ0n) is 18.2. The van der Waals surface area contributed by atoms with Crippen molar-refractivity contribution in [3.8, 4) is 0 Å². The van der Waals surface area contributed by atoms with Crippen LogP contribution in [0, 0.1) is 20.8 Å². The number of ketones is 1. The van der Waals surface area contributed by atoms with Crippen molar-refractivity contribution in [3.63, 3.8) is 0 Å². The number of fused-ring (bicyclic) bond motifs is 4. The number of hydrogen-bond acceptors (Lipinski definition) is 4. The summed E-state index contributed by atoms with van der Waals surface area (Å²) in [7, 11) is 0.